The minimum absolute atomic E-state index is 0.0134. The van der Waals surface area contributed by atoms with Crippen LogP contribution in [0.15, 0.2) is 35.7 Å². The Bertz CT molecular complexity index is 876. The van der Waals surface area contributed by atoms with Gasteiger partial charge in [0.2, 0.25) is 5.91 Å². The average Bonchev–Trinajstić information content (AvgIpc) is 3.31. The number of amides is 1. The molecule has 0 radical (unpaired) electrons. The Hall–Kier alpha value is -2.57. The molecule has 28 heavy (non-hydrogen) atoms. The van der Waals surface area contributed by atoms with Gasteiger partial charge in [-0.2, -0.15) is 18.4 Å². The van der Waals surface area contributed by atoms with Crippen LogP contribution in [0, 0.1) is 11.3 Å². The number of primary amides is 1. The number of anilines is 1. The normalized spacial score (nSPS) is 18.1. The number of hydrogen-bond acceptors (Lipinski definition) is 5. The van der Waals surface area contributed by atoms with Gasteiger partial charge in [0.1, 0.15) is 6.07 Å². The molecule has 2 aromatic rings. The first-order valence-electron chi connectivity index (χ1n) is 8.72. The van der Waals surface area contributed by atoms with Crippen molar-refractivity contribution < 1.29 is 18.0 Å². The summed E-state index contributed by atoms with van der Waals surface area (Å²) >= 11 is 1.55. The van der Waals surface area contributed by atoms with Crippen molar-refractivity contribution in [2.24, 2.45) is 5.73 Å². The minimum Gasteiger partial charge on any atom is -0.369 e. The number of nitrogens with one attached hydrogen (secondary N) is 1. The molecule has 9 heteroatoms. The maximum absolute atomic E-state index is 12.9. The molecular weight excluding hydrogens is 389 g/mol. The number of carbonyl (C=O) groups is 1. The van der Waals surface area contributed by atoms with Gasteiger partial charge in [-0.25, -0.2) is 0 Å². The third-order valence-electron chi connectivity index (χ3n) is 4.74. The van der Waals surface area contributed by atoms with Crippen molar-refractivity contribution in [1.82, 2.24) is 5.32 Å². The Morgan fingerprint density at radius 2 is 2.21 bits per heavy atom. The molecule has 2 atom stereocenters. The fourth-order valence-corrected chi connectivity index (χ4v) is 4.10. The Labute approximate surface area is 164 Å². The van der Waals surface area contributed by atoms with Crippen LogP contribution in [0.5, 0.6) is 0 Å². The number of halogens is 3. The molecule has 0 aliphatic carbocycles. The molecule has 3 rings (SSSR count). The molecule has 0 spiro atoms. The topological polar surface area (TPSA) is 82.2 Å². The highest BCUT2D eigenvalue weighted by molar-refractivity contribution is 7.09. The van der Waals surface area contributed by atoms with Gasteiger partial charge in [-0.3, -0.25) is 4.79 Å². The van der Waals surface area contributed by atoms with Crippen molar-refractivity contribution >= 4 is 22.9 Å². The summed E-state index contributed by atoms with van der Waals surface area (Å²) in [4.78, 5) is 14.7. The number of hydrogen-bond donors (Lipinski definition) is 2. The molecule has 1 aliphatic heterocycles. The van der Waals surface area contributed by atoms with Gasteiger partial charge in [-0.1, -0.05) is 6.07 Å². The maximum atomic E-state index is 12.9. The summed E-state index contributed by atoms with van der Waals surface area (Å²) in [5.74, 6) is -0.445. The first-order chi connectivity index (χ1) is 13.3. The number of nitriles is 1. The van der Waals surface area contributed by atoms with Crippen LogP contribution < -0.4 is 16.0 Å². The Balaban J connectivity index is 1.69. The second-order valence-corrected chi connectivity index (χ2v) is 7.71. The predicted molar refractivity (Wildman–Crippen MR) is 101 cm³/mol. The van der Waals surface area contributed by atoms with Crippen LogP contribution in [-0.2, 0) is 17.4 Å². The van der Waals surface area contributed by atoms with Gasteiger partial charge in [-0.15, -0.1) is 11.3 Å². The lowest BCUT2D eigenvalue weighted by Crippen LogP contribution is -2.48. The second kappa shape index (κ2) is 8.20. The molecule has 1 amide bonds. The first kappa shape index (κ1) is 20.2. The fourth-order valence-electron chi connectivity index (χ4n) is 3.35. The van der Waals surface area contributed by atoms with Gasteiger partial charge in [0, 0.05) is 30.4 Å². The van der Waals surface area contributed by atoms with Crippen LogP contribution in [0.3, 0.4) is 0 Å². The Kier molecular flexibility index (Phi) is 5.91. The molecule has 5 nitrogen and oxygen atoms in total. The van der Waals surface area contributed by atoms with E-state index >= 15 is 0 Å². The summed E-state index contributed by atoms with van der Waals surface area (Å²) in [6, 6.07) is 8.32. The molecule has 2 heterocycles. The van der Waals surface area contributed by atoms with Gasteiger partial charge < -0.3 is 16.0 Å². The van der Waals surface area contributed by atoms with Gasteiger partial charge in [0.25, 0.3) is 0 Å². The van der Waals surface area contributed by atoms with Gasteiger partial charge in [-0.05, 0) is 36.1 Å². The molecule has 1 aliphatic rings. The van der Waals surface area contributed by atoms with Crippen LogP contribution in [0.1, 0.15) is 22.4 Å². The lowest BCUT2D eigenvalue weighted by Gasteiger charge is -2.23. The largest absolute Gasteiger partial charge is 0.416 e. The van der Waals surface area contributed by atoms with E-state index < -0.39 is 23.7 Å². The molecular formula is C19H19F3N4OS. The van der Waals surface area contributed by atoms with Crippen LogP contribution >= 0.6 is 11.3 Å². The van der Waals surface area contributed by atoms with E-state index in [9.17, 15) is 23.2 Å². The third-order valence-corrected chi connectivity index (χ3v) is 5.64. The smallest absolute Gasteiger partial charge is 0.369 e. The lowest BCUT2D eigenvalue weighted by atomic mass is 10.1. The van der Waals surface area contributed by atoms with Crippen LogP contribution in [0.2, 0.25) is 0 Å². The zero-order valence-corrected chi connectivity index (χ0v) is 15.7. The number of alkyl halides is 3. The monoisotopic (exact) mass is 408 g/mol. The molecule has 1 saturated heterocycles. The van der Waals surface area contributed by atoms with E-state index in [0.717, 1.165) is 17.0 Å². The minimum atomic E-state index is -4.49. The number of thiophene rings is 1. The highest BCUT2D eigenvalue weighted by Gasteiger charge is 2.33. The zero-order valence-electron chi connectivity index (χ0n) is 14.9. The molecule has 148 valence electrons. The summed E-state index contributed by atoms with van der Waals surface area (Å²) < 4.78 is 38.6. The lowest BCUT2D eigenvalue weighted by molar-refractivity contribution is -0.137. The van der Waals surface area contributed by atoms with E-state index in [-0.39, 0.29) is 11.6 Å². The van der Waals surface area contributed by atoms with Gasteiger partial charge in [0.15, 0.2) is 0 Å². The van der Waals surface area contributed by atoms with E-state index in [1.165, 1.54) is 6.07 Å². The van der Waals surface area contributed by atoms with E-state index in [1.807, 2.05) is 28.5 Å². The summed E-state index contributed by atoms with van der Waals surface area (Å²) in [6.07, 6.45) is -3.30. The Morgan fingerprint density at radius 3 is 2.82 bits per heavy atom. The van der Waals surface area contributed by atoms with Crippen molar-refractivity contribution in [1.29, 1.82) is 5.26 Å². The molecule has 0 saturated carbocycles. The summed E-state index contributed by atoms with van der Waals surface area (Å²) in [6.45, 7) is 1.05. The molecule has 0 unspecified atom stereocenters. The maximum Gasteiger partial charge on any atom is 0.416 e. The van der Waals surface area contributed by atoms with Crippen LogP contribution in [-0.4, -0.2) is 31.1 Å². The molecule has 0 bridgehead atoms. The number of carbonyl (C=O) groups excluding carboxylic acids is 1. The molecule has 3 N–H and O–H groups in total. The van der Waals surface area contributed by atoms with Crippen LogP contribution in [0.4, 0.5) is 18.9 Å². The SMILES string of the molecule is N#Cc1cc(C(F)(F)F)ccc1N1CC[C@H](N[C@@H](Cc2cccs2)C(N)=O)C1. The average molecular weight is 408 g/mol. The van der Waals surface area contributed by atoms with E-state index in [2.05, 4.69) is 5.32 Å². The van der Waals surface area contributed by atoms with Gasteiger partial charge >= 0.3 is 6.18 Å². The van der Waals surface area contributed by atoms with Crippen LogP contribution in [0.25, 0.3) is 0 Å². The van der Waals surface area contributed by atoms with Crippen molar-refractivity contribution in [3.8, 4) is 6.07 Å². The highest BCUT2D eigenvalue weighted by atomic mass is 32.1. The predicted octanol–water partition coefficient (Wildman–Crippen LogP) is 2.90. The quantitative estimate of drug-likeness (QED) is 0.770. The van der Waals surface area contributed by atoms with Crippen molar-refractivity contribution in [2.75, 3.05) is 18.0 Å². The summed E-state index contributed by atoms with van der Waals surface area (Å²) in [7, 11) is 0. The number of nitrogens with two attached hydrogens (primary N) is 1. The summed E-state index contributed by atoms with van der Waals surface area (Å²) in [5, 5.41) is 14.5. The molecule has 1 aromatic heterocycles. The summed E-state index contributed by atoms with van der Waals surface area (Å²) in [5.41, 5.74) is 5.13. The zero-order chi connectivity index (χ0) is 20.3. The number of nitrogens with zero attached hydrogens (tertiary/aromatic N) is 2. The standard InChI is InChI=1S/C19H19F3N4OS/c20-19(21,22)13-3-4-17(12(8-13)10-23)26-6-5-14(11-26)25-16(18(24)27)9-15-2-1-7-28-15/h1-4,7-8,14,16,25H,5-6,9,11H2,(H2,24,27)/t14-,16-/m0/s1. The first-order valence-corrected chi connectivity index (χ1v) is 9.60. The van der Waals surface area contributed by atoms with E-state index in [4.69, 9.17) is 5.73 Å². The second-order valence-electron chi connectivity index (χ2n) is 6.68. The van der Waals surface area contributed by atoms with Crippen molar-refractivity contribution in [2.45, 2.75) is 31.1 Å². The number of benzene rings is 1. The Morgan fingerprint density at radius 1 is 1.43 bits per heavy atom. The third kappa shape index (κ3) is 4.64. The van der Waals surface area contributed by atoms with E-state index in [1.54, 1.807) is 11.3 Å². The van der Waals surface area contributed by atoms with Crippen molar-refractivity contribution in [3.05, 3.63) is 51.7 Å². The van der Waals surface area contributed by atoms with Gasteiger partial charge in [0.05, 0.1) is 22.9 Å². The van der Waals surface area contributed by atoms with Crippen molar-refractivity contribution in [3.63, 3.8) is 0 Å². The molecule has 1 aromatic carbocycles. The molecule has 1 fully saturated rings. The number of rotatable bonds is 6. The fraction of sp³-hybridized carbons (Fsp3) is 0.368. The van der Waals surface area contributed by atoms with E-state index in [0.29, 0.717) is 31.6 Å². The highest BCUT2D eigenvalue weighted by Crippen LogP contribution is 2.33.